The number of anilines is 1. The molecule has 1 fully saturated rings. The Hall–Kier alpha value is -0.630. The normalized spacial score (nSPS) is 17.2. The summed E-state index contributed by atoms with van der Waals surface area (Å²) in [6.45, 7) is 0. The molecule has 0 radical (unpaired) electrons. The average molecular weight is 207 g/mol. The fraction of sp³-hybridized carbons (Fsp3) is 0.500. The molecular formula is C12H17NS. The lowest BCUT2D eigenvalue weighted by atomic mass is 10.3. The smallest absolute Gasteiger partial charge is 0.0475 e. The van der Waals surface area contributed by atoms with Crippen LogP contribution in [0.15, 0.2) is 29.2 Å². The van der Waals surface area contributed by atoms with Gasteiger partial charge < -0.3 is 5.32 Å². The molecule has 1 aliphatic carbocycles. The minimum atomic E-state index is 0.851. The summed E-state index contributed by atoms with van der Waals surface area (Å²) >= 11 is 2.04. The van der Waals surface area contributed by atoms with Crippen LogP contribution < -0.4 is 5.32 Å². The molecule has 0 aliphatic heterocycles. The molecule has 0 bridgehead atoms. The summed E-state index contributed by atoms with van der Waals surface area (Å²) in [5.41, 5.74) is 1.27. The van der Waals surface area contributed by atoms with E-state index >= 15 is 0 Å². The highest BCUT2D eigenvalue weighted by Crippen LogP contribution is 2.37. The van der Waals surface area contributed by atoms with Crippen LogP contribution in [0.4, 0.5) is 5.69 Å². The lowest BCUT2D eigenvalue weighted by Gasteiger charge is -2.12. The van der Waals surface area contributed by atoms with Gasteiger partial charge in [-0.3, -0.25) is 0 Å². The number of benzene rings is 1. The summed E-state index contributed by atoms with van der Waals surface area (Å²) in [5, 5.41) is 4.10. The second-order valence-corrected chi connectivity index (χ2v) is 5.11. The molecule has 14 heavy (non-hydrogen) atoms. The van der Waals surface area contributed by atoms with Crippen LogP contribution in [0.2, 0.25) is 0 Å². The Balaban J connectivity index is 2.07. The fourth-order valence-corrected chi connectivity index (χ4v) is 3.34. The van der Waals surface area contributed by atoms with Crippen molar-refractivity contribution >= 4 is 17.4 Å². The van der Waals surface area contributed by atoms with Gasteiger partial charge in [-0.1, -0.05) is 25.0 Å². The van der Waals surface area contributed by atoms with E-state index in [1.54, 1.807) is 0 Å². The maximum atomic E-state index is 3.25. The standard InChI is InChI=1S/C12H17NS/c1-13-11-8-4-5-9-12(11)14-10-6-2-3-7-10/h4-5,8-10,13H,2-3,6-7H2,1H3. The Morgan fingerprint density at radius 2 is 1.93 bits per heavy atom. The third kappa shape index (κ3) is 2.24. The molecule has 0 aromatic heterocycles. The highest BCUT2D eigenvalue weighted by atomic mass is 32.2. The second-order valence-electron chi connectivity index (χ2n) is 3.77. The molecule has 0 spiro atoms. The predicted octanol–water partition coefficient (Wildman–Crippen LogP) is 3.76. The second kappa shape index (κ2) is 4.74. The Morgan fingerprint density at radius 1 is 1.21 bits per heavy atom. The van der Waals surface area contributed by atoms with Crippen LogP contribution in [0.5, 0.6) is 0 Å². The summed E-state index contributed by atoms with van der Waals surface area (Å²) in [7, 11) is 1.99. The van der Waals surface area contributed by atoms with E-state index < -0.39 is 0 Å². The largest absolute Gasteiger partial charge is 0.387 e. The van der Waals surface area contributed by atoms with E-state index in [0.717, 1.165) is 5.25 Å². The van der Waals surface area contributed by atoms with Gasteiger partial charge in [-0.05, 0) is 25.0 Å². The highest BCUT2D eigenvalue weighted by Gasteiger charge is 2.16. The third-order valence-corrected chi connectivity index (χ3v) is 4.17. The number of rotatable bonds is 3. The van der Waals surface area contributed by atoms with E-state index in [2.05, 4.69) is 29.6 Å². The summed E-state index contributed by atoms with van der Waals surface area (Å²) in [6.07, 6.45) is 5.62. The van der Waals surface area contributed by atoms with Crippen LogP contribution in [0, 0.1) is 0 Å². The van der Waals surface area contributed by atoms with E-state index in [1.807, 2.05) is 18.8 Å². The number of nitrogens with one attached hydrogen (secondary N) is 1. The van der Waals surface area contributed by atoms with Crippen molar-refractivity contribution in [2.45, 2.75) is 35.8 Å². The molecular weight excluding hydrogens is 190 g/mol. The van der Waals surface area contributed by atoms with Gasteiger partial charge in [0.2, 0.25) is 0 Å². The first kappa shape index (κ1) is 9.91. The molecule has 0 atom stereocenters. The van der Waals surface area contributed by atoms with Crippen molar-refractivity contribution < 1.29 is 0 Å². The Kier molecular flexibility index (Phi) is 3.35. The molecule has 1 aliphatic rings. The van der Waals surface area contributed by atoms with Crippen LogP contribution in [-0.4, -0.2) is 12.3 Å². The van der Waals surface area contributed by atoms with Gasteiger partial charge in [0.15, 0.2) is 0 Å². The van der Waals surface area contributed by atoms with Gasteiger partial charge in [0.1, 0.15) is 0 Å². The Morgan fingerprint density at radius 3 is 2.64 bits per heavy atom. The van der Waals surface area contributed by atoms with Crippen molar-refractivity contribution in [3.8, 4) is 0 Å². The summed E-state index contributed by atoms with van der Waals surface area (Å²) in [6, 6.07) is 8.58. The Bertz CT molecular complexity index is 292. The number of thioether (sulfide) groups is 1. The van der Waals surface area contributed by atoms with Gasteiger partial charge in [0.05, 0.1) is 0 Å². The zero-order valence-corrected chi connectivity index (χ0v) is 9.44. The lowest BCUT2D eigenvalue weighted by molar-refractivity contribution is 0.886. The van der Waals surface area contributed by atoms with Gasteiger partial charge in [0, 0.05) is 22.9 Å². The molecule has 1 N–H and O–H groups in total. The fourth-order valence-electron chi connectivity index (χ4n) is 1.96. The number of hydrogen-bond acceptors (Lipinski definition) is 2. The minimum Gasteiger partial charge on any atom is -0.387 e. The summed E-state index contributed by atoms with van der Waals surface area (Å²) < 4.78 is 0. The van der Waals surface area contributed by atoms with Crippen LogP contribution in [0.1, 0.15) is 25.7 Å². The Labute approximate surface area is 90.3 Å². The van der Waals surface area contributed by atoms with Crippen LogP contribution in [0.25, 0.3) is 0 Å². The van der Waals surface area contributed by atoms with E-state index in [9.17, 15) is 0 Å². The zero-order valence-electron chi connectivity index (χ0n) is 8.62. The predicted molar refractivity (Wildman–Crippen MR) is 64.1 cm³/mol. The van der Waals surface area contributed by atoms with Crippen molar-refractivity contribution in [2.75, 3.05) is 12.4 Å². The van der Waals surface area contributed by atoms with Crippen molar-refractivity contribution in [1.82, 2.24) is 0 Å². The monoisotopic (exact) mass is 207 g/mol. The number of para-hydroxylation sites is 1. The van der Waals surface area contributed by atoms with E-state index in [1.165, 1.54) is 36.3 Å². The summed E-state index contributed by atoms with van der Waals surface area (Å²) in [5.74, 6) is 0. The van der Waals surface area contributed by atoms with Crippen molar-refractivity contribution in [3.63, 3.8) is 0 Å². The lowest BCUT2D eigenvalue weighted by Crippen LogP contribution is -1.96. The quantitative estimate of drug-likeness (QED) is 0.810. The first-order valence-corrected chi connectivity index (χ1v) is 6.21. The molecule has 0 unspecified atom stereocenters. The molecule has 1 nitrogen and oxygen atoms in total. The van der Waals surface area contributed by atoms with Gasteiger partial charge in [0.25, 0.3) is 0 Å². The molecule has 2 heteroatoms. The van der Waals surface area contributed by atoms with Gasteiger partial charge >= 0.3 is 0 Å². The SMILES string of the molecule is CNc1ccccc1SC1CCCC1. The zero-order chi connectivity index (χ0) is 9.80. The van der Waals surface area contributed by atoms with Crippen LogP contribution >= 0.6 is 11.8 Å². The van der Waals surface area contributed by atoms with E-state index in [-0.39, 0.29) is 0 Å². The molecule has 0 saturated heterocycles. The van der Waals surface area contributed by atoms with E-state index in [0.29, 0.717) is 0 Å². The minimum absolute atomic E-state index is 0.851. The van der Waals surface area contributed by atoms with Gasteiger partial charge in [-0.15, -0.1) is 11.8 Å². The topological polar surface area (TPSA) is 12.0 Å². The molecule has 1 aromatic carbocycles. The molecule has 1 aromatic rings. The van der Waals surface area contributed by atoms with Crippen molar-refractivity contribution in [1.29, 1.82) is 0 Å². The molecule has 2 rings (SSSR count). The molecule has 76 valence electrons. The van der Waals surface area contributed by atoms with Gasteiger partial charge in [-0.2, -0.15) is 0 Å². The first-order valence-electron chi connectivity index (χ1n) is 5.33. The average Bonchev–Trinajstić information content (AvgIpc) is 2.71. The van der Waals surface area contributed by atoms with Crippen LogP contribution in [-0.2, 0) is 0 Å². The van der Waals surface area contributed by atoms with Crippen molar-refractivity contribution in [2.24, 2.45) is 0 Å². The first-order chi connectivity index (χ1) is 6.90. The van der Waals surface area contributed by atoms with Crippen molar-refractivity contribution in [3.05, 3.63) is 24.3 Å². The van der Waals surface area contributed by atoms with Crippen LogP contribution in [0.3, 0.4) is 0 Å². The highest BCUT2D eigenvalue weighted by molar-refractivity contribution is 8.00. The van der Waals surface area contributed by atoms with Gasteiger partial charge in [-0.25, -0.2) is 0 Å². The molecule has 1 saturated carbocycles. The van der Waals surface area contributed by atoms with E-state index in [4.69, 9.17) is 0 Å². The maximum absolute atomic E-state index is 3.25. The molecule has 0 amide bonds. The molecule has 0 heterocycles. The summed E-state index contributed by atoms with van der Waals surface area (Å²) in [4.78, 5) is 1.40. The maximum Gasteiger partial charge on any atom is 0.0475 e. The third-order valence-electron chi connectivity index (χ3n) is 2.75. The number of hydrogen-bond donors (Lipinski definition) is 1.